The summed E-state index contributed by atoms with van der Waals surface area (Å²) in [5.41, 5.74) is 0. The highest BCUT2D eigenvalue weighted by Gasteiger charge is 2.21. The second-order valence-electron chi connectivity index (χ2n) is 5.37. The summed E-state index contributed by atoms with van der Waals surface area (Å²) in [7, 11) is -3.42. The van der Waals surface area contributed by atoms with E-state index in [0.717, 1.165) is 4.88 Å². The fourth-order valence-electron chi connectivity index (χ4n) is 2.29. The Morgan fingerprint density at radius 1 is 1.32 bits per heavy atom. The van der Waals surface area contributed by atoms with E-state index in [1.54, 1.807) is 16.2 Å². The average Bonchev–Trinajstić information content (AvgIpc) is 2.88. The SMILES string of the molecule is Cc1ccc(CNC(=O)N2CCN(CCS(N)(=O)=O)CC2)s1. The highest BCUT2D eigenvalue weighted by atomic mass is 32.2. The van der Waals surface area contributed by atoms with Crippen LogP contribution in [0.3, 0.4) is 0 Å². The Balaban J connectivity index is 1.70. The lowest BCUT2D eigenvalue weighted by molar-refractivity contribution is 0.143. The predicted molar refractivity (Wildman–Crippen MR) is 87.3 cm³/mol. The summed E-state index contributed by atoms with van der Waals surface area (Å²) >= 11 is 1.68. The number of urea groups is 1. The van der Waals surface area contributed by atoms with Gasteiger partial charge in [-0.3, -0.25) is 4.90 Å². The van der Waals surface area contributed by atoms with E-state index in [2.05, 4.69) is 5.32 Å². The van der Waals surface area contributed by atoms with Crippen molar-refractivity contribution >= 4 is 27.4 Å². The Labute approximate surface area is 135 Å². The van der Waals surface area contributed by atoms with Crippen LogP contribution in [0.25, 0.3) is 0 Å². The summed E-state index contributed by atoms with van der Waals surface area (Å²) in [5.74, 6) is -0.0447. The molecule has 2 heterocycles. The van der Waals surface area contributed by atoms with Gasteiger partial charge >= 0.3 is 6.03 Å². The molecule has 1 saturated heterocycles. The predicted octanol–water partition coefficient (Wildman–Crippen LogP) is 0.172. The molecule has 22 heavy (non-hydrogen) atoms. The van der Waals surface area contributed by atoms with Gasteiger partial charge in [-0.25, -0.2) is 18.4 Å². The molecule has 0 saturated carbocycles. The van der Waals surface area contributed by atoms with Crippen molar-refractivity contribution < 1.29 is 13.2 Å². The van der Waals surface area contributed by atoms with Crippen LogP contribution in [0.4, 0.5) is 4.79 Å². The molecule has 0 unspecified atom stereocenters. The normalized spacial score (nSPS) is 16.7. The van der Waals surface area contributed by atoms with E-state index < -0.39 is 10.0 Å². The molecule has 1 aliphatic rings. The minimum Gasteiger partial charge on any atom is -0.333 e. The molecular weight excluding hydrogens is 324 g/mol. The number of primary sulfonamides is 1. The molecule has 0 aromatic carbocycles. The zero-order valence-corrected chi connectivity index (χ0v) is 14.3. The second kappa shape index (κ2) is 7.40. The third kappa shape index (κ3) is 5.56. The summed E-state index contributed by atoms with van der Waals surface area (Å²) in [5, 5.41) is 7.91. The number of carbonyl (C=O) groups excluding carboxylic acids is 1. The first kappa shape index (κ1) is 17.2. The molecule has 1 aromatic heterocycles. The zero-order chi connectivity index (χ0) is 16.2. The number of nitrogens with two attached hydrogens (primary N) is 1. The number of nitrogens with zero attached hydrogens (tertiary/aromatic N) is 2. The van der Waals surface area contributed by atoms with E-state index >= 15 is 0 Å². The van der Waals surface area contributed by atoms with Gasteiger partial charge in [-0.1, -0.05) is 0 Å². The van der Waals surface area contributed by atoms with Gasteiger partial charge in [-0.2, -0.15) is 0 Å². The van der Waals surface area contributed by atoms with Gasteiger partial charge in [0.1, 0.15) is 0 Å². The lowest BCUT2D eigenvalue weighted by atomic mass is 10.3. The van der Waals surface area contributed by atoms with Crippen molar-refractivity contribution in [3.05, 3.63) is 21.9 Å². The number of thiophene rings is 1. The molecule has 1 aromatic rings. The Morgan fingerprint density at radius 2 is 2.00 bits per heavy atom. The van der Waals surface area contributed by atoms with Crippen molar-refractivity contribution in [2.24, 2.45) is 5.14 Å². The standard InChI is InChI=1S/C13H22N4O3S2/c1-11-2-3-12(21-11)10-15-13(18)17-6-4-16(5-7-17)8-9-22(14,19)20/h2-3H,4-10H2,1H3,(H,15,18)(H2,14,19,20). The molecule has 9 heteroatoms. The monoisotopic (exact) mass is 346 g/mol. The molecule has 3 N–H and O–H groups in total. The van der Waals surface area contributed by atoms with Crippen LogP contribution in [0.15, 0.2) is 12.1 Å². The molecule has 0 aliphatic carbocycles. The quantitative estimate of drug-likeness (QED) is 0.794. The number of rotatable bonds is 5. The van der Waals surface area contributed by atoms with Crippen LogP contribution in [-0.4, -0.2) is 62.7 Å². The van der Waals surface area contributed by atoms with Crippen LogP contribution < -0.4 is 10.5 Å². The van der Waals surface area contributed by atoms with Crippen LogP contribution in [0.5, 0.6) is 0 Å². The van der Waals surface area contributed by atoms with E-state index in [9.17, 15) is 13.2 Å². The number of hydrogen-bond donors (Lipinski definition) is 2. The molecule has 1 fully saturated rings. The van der Waals surface area contributed by atoms with Crippen molar-refractivity contribution in [1.29, 1.82) is 0 Å². The summed E-state index contributed by atoms with van der Waals surface area (Å²) in [6, 6.07) is 3.99. The number of hydrogen-bond acceptors (Lipinski definition) is 5. The van der Waals surface area contributed by atoms with Crippen LogP contribution in [0, 0.1) is 6.92 Å². The summed E-state index contributed by atoms with van der Waals surface area (Å²) in [4.78, 5) is 18.2. The first-order valence-corrected chi connectivity index (χ1v) is 9.67. The van der Waals surface area contributed by atoms with E-state index in [4.69, 9.17) is 5.14 Å². The Hall–Kier alpha value is -1.16. The van der Waals surface area contributed by atoms with E-state index in [1.165, 1.54) is 4.88 Å². The van der Waals surface area contributed by atoms with Crippen molar-refractivity contribution in [2.75, 3.05) is 38.5 Å². The van der Waals surface area contributed by atoms with Gasteiger partial charge in [-0.05, 0) is 19.1 Å². The van der Waals surface area contributed by atoms with Crippen molar-refractivity contribution in [3.8, 4) is 0 Å². The van der Waals surface area contributed by atoms with Gasteiger partial charge in [0.15, 0.2) is 0 Å². The second-order valence-corrected chi connectivity index (χ2v) is 8.47. The van der Waals surface area contributed by atoms with Crippen molar-refractivity contribution in [2.45, 2.75) is 13.5 Å². The number of nitrogens with one attached hydrogen (secondary N) is 1. The lowest BCUT2D eigenvalue weighted by Crippen LogP contribution is -2.52. The third-order valence-electron chi connectivity index (χ3n) is 3.56. The number of carbonyl (C=O) groups is 1. The van der Waals surface area contributed by atoms with Gasteiger partial charge in [0.2, 0.25) is 10.0 Å². The smallest absolute Gasteiger partial charge is 0.317 e. The number of amides is 2. The molecule has 0 atom stereocenters. The summed E-state index contributed by atoms with van der Waals surface area (Å²) in [6.07, 6.45) is 0. The molecule has 0 radical (unpaired) electrons. The van der Waals surface area contributed by atoms with Crippen LogP contribution in [-0.2, 0) is 16.6 Å². The molecule has 1 aliphatic heterocycles. The van der Waals surface area contributed by atoms with E-state index in [-0.39, 0.29) is 11.8 Å². The van der Waals surface area contributed by atoms with Crippen molar-refractivity contribution in [3.63, 3.8) is 0 Å². The maximum absolute atomic E-state index is 12.1. The molecule has 2 rings (SSSR count). The van der Waals surface area contributed by atoms with E-state index in [1.807, 2.05) is 24.0 Å². The molecule has 0 bridgehead atoms. The maximum atomic E-state index is 12.1. The van der Waals surface area contributed by atoms with Gasteiger partial charge in [0.25, 0.3) is 0 Å². The Kier molecular flexibility index (Phi) is 5.79. The molecule has 0 spiro atoms. The fraction of sp³-hybridized carbons (Fsp3) is 0.615. The molecule has 7 nitrogen and oxygen atoms in total. The first-order chi connectivity index (χ1) is 10.3. The van der Waals surface area contributed by atoms with Gasteiger partial charge in [0, 0.05) is 42.5 Å². The minimum absolute atomic E-state index is 0.0447. The van der Waals surface area contributed by atoms with Crippen molar-refractivity contribution in [1.82, 2.24) is 15.1 Å². The fourth-order valence-corrected chi connectivity index (χ4v) is 3.63. The Morgan fingerprint density at radius 3 is 2.55 bits per heavy atom. The number of aryl methyl sites for hydroxylation is 1. The topological polar surface area (TPSA) is 95.7 Å². The largest absolute Gasteiger partial charge is 0.333 e. The zero-order valence-electron chi connectivity index (χ0n) is 12.6. The minimum atomic E-state index is -3.42. The van der Waals surface area contributed by atoms with Crippen LogP contribution >= 0.6 is 11.3 Å². The van der Waals surface area contributed by atoms with E-state index in [0.29, 0.717) is 39.3 Å². The number of piperazine rings is 1. The average molecular weight is 346 g/mol. The summed E-state index contributed by atoms with van der Waals surface area (Å²) in [6.45, 7) is 5.53. The van der Waals surface area contributed by atoms with Gasteiger partial charge in [0.05, 0.1) is 12.3 Å². The summed E-state index contributed by atoms with van der Waals surface area (Å²) < 4.78 is 21.9. The molecular formula is C13H22N4O3S2. The highest BCUT2D eigenvalue weighted by Crippen LogP contribution is 2.14. The maximum Gasteiger partial charge on any atom is 0.317 e. The molecule has 124 valence electrons. The molecule has 2 amide bonds. The van der Waals surface area contributed by atoms with Gasteiger partial charge in [-0.15, -0.1) is 11.3 Å². The van der Waals surface area contributed by atoms with Gasteiger partial charge < -0.3 is 10.2 Å². The highest BCUT2D eigenvalue weighted by molar-refractivity contribution is 7.89. The van der Waals surface area contributed by atoms with Crippen LogP contribution in [0.1, 0.15) is 9.75 Å². The number of sulfonamides is 1. The third-order valence-corrected chi connectivity index (χ3v) is 5.31. The lowest BCUT2D eigenvalue weighted by Gasteiger charge is -2.34. The Bertz CT molecular complexity index is 607. The first-order valence-electron chi connectivity index (χ1n) is 7.14. The van der Waals surface area contributed by atoms with Crippen LogP contribution in [0.2, 0.25) is 0 Å².